The highest BCUT2D eigenvalue weighted by molar-refractivity contribution is 5.98. The molecule has 1 spiro atoms. The summed E-state index contributed by atoms with van der Waals surface area (Å²) in [5, 5.41) is 0. The van der Waals surface area contributed by atoms with Gasteiger partial charge in [-0.05, 0) is 24.1 Å². The quantitative estimate of drug-likeness (QED) is 0.835. The number of aromatic nitrogens is 1. The maximum atomic E-state index is 12.7. The number of benzene rings is 1. The SMILES string of the molecule is CC(=O)N1CC(=O)N(c2cccnc2)CC12CCN(Cc1ccccc1)C2. The van der Waals surface area contributed by atoms with Crippen LogP contribution in [-0.2, 0) is 16.1 Å². The van der Waals surface area contributed by atoms with E-state index in [0.29, 0.717) is 6.54 Å². The maximum Gasteiger partial charge on any atom is 0.246 e. The van der Waals surface area contributed by atoms with Gasteiger partial charge in [0.15, 0.2) is 0 Å². The Morgan fingerprint density at radius 3 is 2.67 bits per heavy atom. The minimum absolute atomic E-state index is 0.0317. The van der Waals surface area contributed by atoms with Crippen molar-refractivity contribution in [1.82, 2.24) is 14.8 Å². The van der Waals surface area contributed by atoms with Crippen LogP contribution in [0.3, 0.4) is 0 Å². The second-order valence-electron chi connectivity index (χ2n) is 7.47. The van der Waals surface area contributed by atoms with Gasteiger partial charge in [-0.25, -0.2) is 0 Å². The van der Waals surface area contributed by atoms with Gasteiger partial charge in [-0.1, -0.05) is 30.3 Å². The Bertz CT molecular complexity index is 827. The van der Waals surface area contributed by atoms with Gasteiger partial charge in [0, 0.05) is 32.8 Å². The molecule has 2 aliphatic rings. The van der Waals surface area contributed by atoms with Crippen molar-refractivity contribution in [2.45, 2.75) is 25.4 Å². The zero-order chi connectivity index (χ0) is 18.9. The Morgan fingerprint density at radius 2 is 1.96 bits per heavy atom. The molecule has 1 atom stereocenters. The van der Waals surface area contributed by atoms with Crippen LogP contribution >= 0.6 is 0 Å². The van der Waals surface area contributed by atoms with E-state index in [2.05, 4.69) is 22.0 Å². The molecule has 1 aromatic carbocycles. The Kier molecular flexibility index (Phi) is 4.66. The highest BCUT2D eigenvalue weighted by atomic mass is 16.2. The van der Waals surface area contributed by atoms with Crippen LogP contribution in [0.1, 0.15) is 18.9 Å². The first-order valence-corrected chi connectivity index (χ1v) is 9.32. The van der Waals surface area contributed by atoms with Crippen LogP contribution in [0.25, 0.3) is 0 Å². The molecule has 4 rings (SSSR count). The van der Waals surface area contributed by atoms with Crippen LogP contribution in [0, 0.1) is 0 Å². The number of rotatable bonds is 3. The third-order valence-electron chi connectivity index (χ3n) is 5.62. The summed E-state index contributed by atoms with van der Waals surface area (Å²) >= 11 is 0. The topological polar surface area (TPSA) is 56.8 Å². The van der Waals surface area contributed by atoms with Gasteiger partial charge in [0.05, 0.1) is 24.0 Å². The summed E-state index contributed by atoms with van der Waals surface area (Å²) in [6.07, 6.45) is 4.28. The van der Waals surface area contributed by atoms with Gasteiger partial charge in [0.2, 0.25) is 11.8 Å². The van der Waals surface area contributed by atoms with E-state index in [9.17, 15) is 9.59 Å². The van der Waals surface area contributed by atoms with E-state index in [4.69, 9.17) is 0 Å². The number of likely N-dealkylation sites (tertiary alicyclic amines) is 1. The van der Waals surface area contributed by atoms with Gasteiger partial charge in [0.25, 0.3) is 0 Å². The van der Waals surface area contributed by atoms with Crippen LogP contribution < -0.4 is 4.90 Å². The molecule has 0 radical (unpaired) electrons. The van der Waals surface area contributed by atoms with Crippen LogP contribution in [-0.4, -0.2) is 58.3 Å². The van der Waals surface area contributed by atoms with Gasteiger partial charge < -0.3 is 9.80 Å². The first-order chi connectivity index (χ1) is 13.1. The third kappa shape index (κ3) is 3.45. The zero-order valence-corrected chi connectivity index (χ0v) is 15.5. The average molecular weight is 364 g/mol. The van der Waals surface area contributed by atoms with E-state index in [1.54, 1.807) is 29.1 Å². The molecule has 0 N–H and O–H groups in total. The summed E-state index contributed by atoms with van der Waals surface area (Å²) < 4.78 is 0. The number of amides is 2. The number of carbonyl (C=O) groups excluding carboxylic acids is 2. The standard InChI is InChI=1S/C21H24N4O2/c1-17(26)25-14-20(27)24(19-8-5-10-22-12-19)16-21(25)9-11-23(15-21)13-18-6-3-2-4-7-18/h2-8,10,12H,9,11,13-16H2,1H3. The molecule has 0 bridgehead atoms. The van der Waals surface area contributed by atoms with Crippen LogP contribution in [0.4, 0.5) is 5.69 Å². The molecule has 1 unspecified atom stereocenters. The van der Waals surface area contributed by atoms with E-state index in [1.165, 1.54) is 5.56 Å². The minimum atomic E-state index is -0.343. The fraction of sp³-hybridized carbons (Fsp3) is 0.381. The number of hydrogen-bond donors (Lipinski definition) is 0. The van der Waals surface area contributed by atoms with Gasteiger partial charge in [-0.3, -0.25) is 19.5 Å². The van der Waals surface area contributed by atoms with Crippen molar-refractivity contribution in [2.75, 3.05) is 31.1 Å². The largest absolute Gasteiger partial charge is 0.325 e. The zero-order valence-electron chi connectivity index (χ0n) is 15.5. The number of piperazine rings is 1. The molecule has 3 heterocycles. The molecule has 6 heteroatoms. The van der Waals surface area contributed by atoms with Crippen molar-refractivity contribution in [3.05, 3.63) is 60.4 Å². The van der Waals surface area contributed by atoms with Gasteiger partial charge >= 0.3 is 0 Å². The lowest BCUT2D eigenvalue weighted by molar-refractivity contribution is -0.142. The minimum Gasteiger partial charge on any atom is -0.325 e. The van der Waals surface area contributed by atoms with Gasteiger partial charge in [0.1, 0.15) is 6.54 Å². The molecule has 2 saturated heterocycles. The molecule has 0 aliphatic carbocycles. The highest BCUT2D eigenvalue weighted by Gasteiger charge is 2.50. The fourth-order valence-corrected chi connectivity index (χ4v) is 4.32. The highest BCUT2D eigenvalue weighted by Crippen LogP contribution is 2.34. The predicted octanol–water partition coefficient (Wildman–Crippen LogP) is 1.92. The maximum absolute atomic E-state index is 12.7. The van der Waals surface area contributed by atoms with E-state index in [1.807, 2.05) is 30.3 Å². The smallest absolute Gasteiger partial charge is 0.246 e. The normalized spacial score (nSPS) is 23.2. The van der Waals surface area contributed by atoms with Crippen molar-refractivity contribution >= 4 is 17.5 Å². The van der Waals surface area contributed by atoms with Crippen LogP contribution in [0.5, 0.6) is 0 Å². The number of pyridine rings is 1. The monoisotopic (exact) mass is 364 g/mol. The summed E-state index contributed by atoms with van der Waals surface area (Å²) in [6.45, 7) is 4.74. The Morgan fingerprint density at radius 1 is 1.15 bits per heavy atom. The van der Waals surface area contributed by atoms with Gasteiger partial charge in [-0.2, -0.15) is 0 Å². The molecular formula is C21H24N4O2. The summed E-state index contributed by atoms with van der Waals surface area (Å²) in [5.74, 6) is -0.0823. The first kappa shape index (κ1) is 17.7. The fourth-order valence-electron chi connectivity index (χ4n) is 4.32. The Balaban J connectivity index is 1.58. The molecule has 27 heavy (non-hydrogen) atoms. The van der Waals surface area contributed by atoms with Crippen LogP contribution in [0.15, 0.2) is 54.9 Å². The van der Waals surface area contributed by atoms with Crippen LogP contribution in [0.2, 0.25) is 0 Å². The average Bonchev–Trinajstić information content (AvgIpc) is 3.07. The molecule has 2 fully saturated rings. The molecule has 6 nitrogen and oxygen atoms in total. The second-order valence-corrected chi connectivity index (χ2v) is 7.47. The van der Waals surface area contributed by atoms with Crippen molar-refractivity contribution in [3.63, 3.8) is 0 Å². The van der Waals surface area contributed by atoms with E-state index in [0.717, 1.165) is 31.7 Å². The molecule has 2 amide bonds. The second kappa shape index (κ2) is 7.12. The summed E-state index contributed by atoms with van der Waals surface area (Å²) in [4.78, 5) is 35.2. The molecule has 2 aliphatic heterocycles. The van der Waals surface area contributed by atoms with Crippen molar-refractivity contribution in [2.24, 2.45) is 0 Å². The van der Waals surface area contributed by atoms with Crippen molar-refractivity contribution < 1.29 is 9.59 Å². The Hall–Kier alpha value is -2.73. The van der Waals surface area contributed by atoms with E-state index >= 15 is 0 Å². The predicted molar refractivity (Wildman–Crippen MR) is 103 cm³/mol. The number of anilines is 1. The first-order valence-electron chi connectivity index (χ1n) is 9.32. The number of hydrogen-bond acceptors (Lipinski definition) is 4. The third-order valence-corrected chi connectivity index (χ3v) is 5.62. The lowest BCUT2D eigenvalue weighted by Crippen LogP contribution is -2.66. The number of nitrogens with zero attached hydrogens (tertiary/aromatic N) is 4. The lowest BCUT2D eigenvalue weighted by atomic mass is 9.91. The van der Waals surface area contributed by atoms with Crippen molar-refractivity contribution in [3.8, 4) is 0 Å². The summed E-state index contributed by atoms with van der Waals surface area (Å²) in [5.41, 5.74) is 1.72. The molecule has 2 aromatic rings. The van der Waals surface area contributed by atoms with E-state index < -0.39 is 0 Å². The molecule has 0 saturated carbocycles. The van der Waals surface area contributed by atoms with Gasteiger partial charge in [-0.15, -0.1) is 0 Å². The molecule has 1 aromatic heterocycles. The summed E-state index contributed by atoms with van der Waals surface area (Å²) in [7, 11) is 0. The summed E-state index contributed by atoms with van der Waals surface area (Å²) in [6, 6.07) is 14.1. The number of carbonyl (C=O) groups is 2. The molecule has 140 valence electrons. The molecular weight excluding hydrogens is 340 g/mol. The lowest BCUT2D eigenvalue weighted by Gasteiger charge is -2.48. The Labute approximate surface area is 159 Å². The van der Waals surface area contributed by atoms with E-state index in [-0.39, 0.29) is 23.9 Å². The van der Waals surface area contributed by atoms with Crippen molar-refractivity contribution in [1.29, 1.82) is 0 Å².